The van der Waals surface area contributed by atoms with Gasteiger partial charge in [0.05, 0.1) is 5.69 Å². The molecule has 0 aliphatic heterocycles. The van der Waals surface area contributed by atoms with E-state index in [0.29, 0.717) is 6.04 Å². The van der Waals surface area contributed by atoms with Gasteiger partial charge in [0.2, 0.25) is 0 Å². The Labute approximate surface area is 109 Å². The molecule has 0 aliphatic rings. The Morgan fingerprint density at radius 1 is 1.28 bits per heavy atom. The Kier molecular flexibility index (Phi) is 3.82. The third-order valence-electron chi connectivity index (χ3n) is 3.43. The van der Waals surface area contributed by atoms with E-state index in [9.17, 15) is 0 Å². The predicted octanol–water partition coefficient (Wildman–Crippen LogP) is 3.16. The topological polar surface area (TPSA) is 29.9 Å². The number of aromatic nitrogens is 2. The normalized spacial score (nSPS) is 12.7. The molecule has 1 N–H and O–H groups in total. The zero-order chi connectivity index (χ0) is 13.1. The Bertz CT molecular complexity index is 511. The number of nitrogens with zero attached hydrogens (tertiary/aromatic N) is 2. The first-order chi connectivity index (χ1) is 8.65. The van der Waals surface area contributed by atoms with Crippen molar-refractivity contribution in [3.05, 3.63) is 41.7 Å². The van der Waals surface area contributed by atoms with E-state index in [1.165, 1.54) is 16.7 Å². The summed E-state index contributed by atoms with van der Waals surface area (Å²) in [5.41, 5.74) is 4.85. The lowest BCUT2D eigenvalue weighted by atomic mass is 10.0. The molecule has 1 unspecified atom stereocenters. The summed E-state index contributed by atoms with van der Waals surface area (Å²) < 4.78 is 1.98. The van der Waals surface area contributed by atoms with Crippen LogP contribution in [0.25, 0.3) is 11.1 Å². The third-order valence-corrected chi connectivity index (χ3v) is 3.43. The van der Waals surface area contributed by atoms with Crippen molar-refractivity contribution >= 4 is 0 Å². The molecular weight excluding hydrogens is 222 g/mol. The quantitative estimate of drug-likeness (QED) is 0.894. The minimum atomic E-state index is 0.388. The van der Waals surface area contributed by atoms with Crippen LogP contribution in [0.2, 0.25) is 0 Å². The van der Waals surface area contributed by atoms with Gasteiger partial charge in [-0.3, -0.25) is 4.68 Å². The van der Waals surface area contributed by atoms with Crippen LogP contribution >= 0.6 is 0 Å². The summed E-state index contributed by atoms with van der Waals surface area (Å²) in [5.74, 6) is 0. The lowest BCUT2D eigenvalue weighted by molar-refractivity contribution is 0.652. The first-order valence-electron chi connectivity index (χ1n) is 6.47. The smallest absolute Gasteiger partial charge is 0.0672 e. The Hall–Kier alpha value is -1.61. The van der Waals surface area contributed by atoms with E-state index in [-0.39, 0.29) is 0 Å². The Morgan fingerprint density at radius 3 is 2.44 bits per heavy atom. The average Bonchev–Trinajstić information content (AvgIpc) is 2.79. The number of nitrogens with one attached hydrogen (secondary N) is 1. The van der Waals surface area contributed by atoms with Gasteiger partial charge in [-0.05, 0) is 38.9 Å². The highest BCUT2D eigenvalue weighted by Gasteiger charge is 2.08. The summed E-state index contributed by atoms with van der Waals surface area (Å²) in [5, 5.41) is 7.73. The van der Waals surface area contributed by atoms with Gasteiger partial charge in [-0.2, -0.15) is 5.10 Å². The summed E-state index contributed by atoms with van der Waals surface area (Å²) in [4.78, 5) is 0. The summed E-state index contributed by atoms with van der Waals surface area (Å²) in [7, 11) is 1.98. The standard InChI is InChI=1S/C15H21N3/c1-5-18-10-15(12(3)17-18)14-8-6-13(7-9-14)11(2)16-4/h6-11,16H,5H2,1-4H3. The van der Waals surface area contributed by atoms with Crippen LogP contribution in [-0.4, -0.2) is 16.8 Å². The average molecular weight is 243 g/mol. The van der Waals surface area contributed by atoms with Gasteiger partial charge in [0.1, 0.15) is 0 Å². The second-order valence-electron chi connectivity index (χ2n) is 4.62. The molecule has 0 saturated heterocycles. The maximum atomic E-state index is 4.48. The fourth-order valence-electron chi connectivity index (χ4n) is 2.08. The molecule has 18 heavy (non-hydrogen) atoms. The zero-order valence-corrected chi connectivity index (χ0v) is 11.6. The summed E-state index contributed by atoms with van der Waals surface area (Å²) in [6, 6.07) is 9.09. The predicted molar refractivity (Wildman–Crippen MR) is 75.5 cm³/mol. The lowest BCUT2D eigenvalue weighted by Crippen LogP contribution is -2.11. The number of aryl methyl sites for hydroxylation is 2. The van der Waals surface area contributed by atoms with Crippen molar-refractivity contribution in [3.8, 4) is 11.1 Å². The van der Waals surface area contributed by atoms with Crippen LogP contribution in [0.15, 0.2) is 30.5 Å². The summed E-state index contributed by atoms with van der Waals surface area (Å²) in [6.45, 7) is 7.24. The molecule has 0 fully saturated rings. The highest BCUT2D eigenvalue weighted by atomic mass is 15.3. The van der Waals surface area contributed by atoms with Crippen LogP contribution in [0.4, 0.5) is 0 Å². The van der Waals surface area contributed by atoms with E-state index in [2.05, 4.69) is 61.6 Å². The molecule has 3 nitrogen and oxygen atoms in total. The van der Waals surface area contributed by atoms with E-state index in [4.69, 9.17) is 0 Å². The second-order valence-corrected chi connectivity index (χ2v) is 4.62. The molecular formula is C15H21N3. The molecule has 1 heterocycles. The molecule has 0 amide bonds. The van der Waals surface area contributed by atoms with E-state index in [0.717, 1.165) is 12.2 Å². The number of hydrogen-bond donors (Lipinski definition) is 1. The van der Waals surface area contributed by atoms with Crippen LogP contribution in [0.3, 0.4) is 0 Å². The van der Waals surface area contributed by atoms with Crippen molar-refractivity contribution in [1.29, 1.82) is 0 Å². The number of rotatable bonds is 4. The van der Waals surface area contributed by atoms with E-state index < -0.39 is 0 Å². The zero-order valence-electron chi connectivity index (χ0n) is 11.6. The molecule has 1 aromatic heterocycles. The van der Waals surface area contributed by atoms with Gasteiger partial charge >= 0.3 is 0 Å². The van der Waals surface area contributed by atoms with Crippen molar-refractivity contribution in [3.63, 3.8) is 0 Å². The Balaban J connectivity index is 2.31. The summed E-state index contributed by atoms with van der Waals surface area (Å²) in [6.07, 6.45) is 2.12. The monoisotopic (exact) mass is 243 g/mol. The largest absolute Gasteiger partial charge is 0.313 e. The first kappa shape index (κ1) is 12.8. The molecule has 0 aliphatic carbocycles. The van der Waals surface area contributed by atoms with Crippen LogP contribution in [0.1, 0.15) is 31.1 Å². The van der Waals surface area contributed by atoms with Gasteiger partial charge in [0.25, 0.3) is 0 Å². The molecule has 0 spiro atoms. The minimum Gasteiger partial charge on any atom is -0.313 e. The first-order valence-corrected chi connectivity index (χ1v) is 6.47. The SMILES string of the molecule is CCn1cc(-c2ccc(C(C)NC)cc2)c(C)n1. The number of benzene rings is 1. The van der Waals surface area contributed by atoms with Crippen molar-refractivity contribution in [1.82, 2.24) is 15.1 Å². The van der Waals surface area contributed by atoms with E-state index >= 15 is 0 Å². The van der Waals surface area contributed by atoms with Gasteiger partial charge in [0, 0.05) is 24.3 Å². The highest BCUT2D eigenvalue weighted by molar-refractivity contribution is 5.65. The van der Waals surface area contributed by atoms with Crippen molar-refractivity contribution < 1.29 is 0 Å². The fourth-order valence-corrected chi connectivity index (χ4v) is 2.08. The molecule has 2 aromatic rings. The van der Waals surface area contributed by atoms with Crippen LogP contribution < -0.4 is 5.32 Å². The molecule has 96 valence electrons. The lowest BCUT2D eigenvalue weighted by Gasteiger charge is -2.10. The van der Waals surface area contributed by atoms with Crippen LogP contribution in [0.5, 0.6) is 0 Å². The molecule has 0 saturated carbocycles. The van der Waals surface area contributed by atoms with Crippen molar-refractivity contribution in [2.75, 3.05) is 7.05 Å². The van der Waals surface area contributed by atoms with E-state index in [1.807, 2.05) is 11.7 Å². The van der Waals surface area contributed by atoms with Crippen molar-refractivity contribution in [2.24, 2.45) is 0 Å². The minimum absolute atomic E-state index is 0.388. The number of hydrogen-bond acceptors (Lipinski definition) is 2. The second kappa shape index (κ2) is 5.36. The van der Waals surface area contributed by atoms with Crippen molar-refractivity contribution in [2.45, 2.75) is 33.4 Å². The van der Waals surface area contributed by atoms with Gasteiger partial charge in [0.15, 0.2) is 0 Å². The highest BCUT2D eigenvalue weighted by Crippen LogP contribution is 2.24. The fraction of sp³-hybridized carbons (Fsp3) is 0.400. The van der Waals surface area contributed by atoms with Crippen LogP contribution in [0, 0.1) is 6.92 Å². The van der Waals surface area contributed by atoms with E-state index in [1.54, 1.807) is 0 Å². The molecule has 1 aromatic carbocycles. The molecule has 0 radical (unpaired) electrons. The summed E-state index contributed by atoms with van der Waals surface area (Å²) >= 11 is 0. The van der Waals surface area contributed by atoms with Crippen LogP contribution in [-0.2, 0) is 6.54 Å². The third kappa shape index (κ3) is 2.46. The molecule has 1 atom stereocenters. The molecule has 2 rings (SSSR count). The Morgan fingerprint density at radius 2 is 1.94 bits per heavy atom. The van der Waals surface area contributed by atoms with Gasteiger partial charge in [-0.25, -0.2) is 0 Å². The van der Waals surface area contributed by atoms with Gasteiger partial charge in [-0.1, -0.05) is 24.3 Å². The van der Waals surface area contributed by atoms with Gasteiger partial charge < -0.3 is 5.32 Å². The maximum absolute atomic E-state index is 4.48. The molecule has 3 heteroatoms. The van der Waals surface area contributed by atoms with Gasteiger partial charge in [-0.15, -0.1) is 0 Å². The molecule has 0 bridgehead atoms. The maximum Gasteiger partial charge on any atom is 0.0672 e.